The molecule has 0 saturated heterocycles. The van der Waals surface area contributed by atoms with Crippen LogP contribution in [0.1, 0.15) is 31.2 Å². The van der Waals surface area contributed by atoms with E-state index in [1.54, 1.807) is 0 Å². The topological polar surface area (TPSA) is 55.1 Å². The van der Waals surface area contributed by atoms with Crippen LogP contribution in [0, 0.1) is 12.8 Å². The van der Waals surface area contributed by atoms with Crippen molar-refractivity contribution in [1.29, 1.82) is 0 Å². The van der Waals surface area contributed by atoms with Gasteiger partial charge in [-0.2, -0.15) is 0 Å². The molecule has 5 heteroatoms. The number of rotatable bonds is 2. The molecule has 1 aliphatic rings. The van der Waals surface area contributed by atoms with Crippen LogP contribution in [0.2, 0.25) is 0 Å². The molecular weight excluding hydrogens is 328 g/mol. The first-order chi connectivity index (χ1) is 8.56. The van der Waals surface area contributed by atoms with Crippen LogP contribution in [0.3, 0.4) is 0 Å². The average Bonchev–Trinajstić information content (AvgIpc) is 2.32. The molecule has 0 aromatic heterocycles. The van der Waals surface area contributed by atoms with Crippen LogP contribution in [0.4, 0.5) is 5.69 Å². The standard InChI is InChI=1S/C14H19BrN2O.ClH/c1-9-7-11(15)5-6-13(9)17-14(18)10-3-2-4-12(16)8-10;/h5-7,10,12H,2-4,8,16H2,1H3,(H,17,18);1H. The lowest BCUT2D eigenvalue weighted by Crippen LogP contribution is -2.34. The Bertz CT molecular complexity index is 453. The average molecular weight is 348 g/mol. The zero-order valence-corrected chi connectivity index (χ0v) is 13.4. The Morgan fingerprint density at radius 3 is 2.79 bits per heavy atom. The lowest BCUT2D eigenvalue weighted by Gasteiger charge is -2.25. The maximum atomic E-state index is 12.2. The van der Waals surface area contributed by atoms with Gasteiger partial charge in [0.05, 0.1) is 0 Å². The quantitative estimate of drug-likeness (QED) is 0.858. The number of nitrogens with one attached hydrogen (secondary N) is 1. The van der Waals surface area contributed by atoms with Crippen molar-refractivity contribution in [2.75, 3.05) is 5.32 Å². The minimum atomic E-state index is 0. The molecule has 1 aromatic carbocycles. The summed E-state index contributed by atoms with van der Waals surface area (Å²) in [6.07, 6.45) is 3.86. The summed E-state index contributed by atoms with van der Waals surface area (Å²) in [5, 5.41) is 3.01. The summed E-state index contributed by atoms with van der Waals surface area (Å²) in [6, 6.07) is 6.05. The van der Waals surface area contributed by atoms with Crippen LogP contribution in [0.25, 0.3) is 0 Å². The Kier molecular flexibility index (Phi) is 6.30. The molecule has 0 spiro atoms. The van der Waals surface area contributed by atoms with E-state index < -0.39 is 0 Å². The molecule has 19 heavy (non-hydrogen) atoms. The van der Waals surface area contributed by atoms with Crippen molar-refractivity contribution in [3.63, 3.8) is 0 Å². The Morgan fingerprint density at radius 2 is 2.16 bits per heavy atom. The van der Waals surface area contributed by atoms with Crippen molar-refractivity contribution >= 4 is 39.9 Å². The zero-order valence-electron chi connectivity index (χ0n) is 11.0. The van der Waals surface area contributed by atoms with Crippen molar-refractivity contribution in [3.8, 4) is 0 Å². The summed E-state index contributed by atoms with van der Waals surface area (Å²) >= 11 is 3.42. The van der Waals surface area contributed by atoms with Crippen molar-refractivity contribution < 1.29 is 4.79 Å². The van der Waals surface area contributed by atoms with Crippen LogP contribution in [0.15, 0.2) is 22.7 Å². The Labute approximate surface area is 128 Å². The van der Waals surface area contributed by atoms with Gasteiger partial charge in [0.25, 0.3) is 0 Å². The summed E-state index contributed by atoms with van der Waals surface area (Å²) < 4.78 is 1.03. The highest BCUT2D eigenvalue weighted by molar-refractivity contribution is 9.10. The molecule has 106 valence electrons. The van der Waals surface area contributed by atoms with E-state index in [9.17, 15) is 4.79 Å². The maximum Gasteiger partial charge on any atom is 0.227 e. The van der Waals surface area contributed by atoms with Gasteiger partial charge in [0.2, 0.25) is 5.91 Å². The number of amides is 1. The van der Waals surface area contributed by atoms with Gasteiger partial charge in [-0.05, 0) is 49.9 Å². The van der Waals surface area contributed by atoms with E-state index in [0.29, 0.717) is 0 Å². The number of aryl methyl sites for hydroxylation is 1. The van der Waals surface area contributed by atoms with E-state index in [1.165, 1.54) is 0 Å². The van der Waals surface area contributed by atoms with E-state index in [-0.39, 0.29) is 30.3 Å². The third-order valence-electron chi connectivity index (χ3n) is 3.53. The SMILES string of the molecule is Cc1cc(Br)ccc1NC(=O)C1CCCC(N)C1.Cl. The molecular formula is C14H20BrClN2O. The molecule has 1 amide bonds. The summed E-state index contributed by atoms with van der Waals surface area (Å²) in [4.78, 5) is 12.2. The van der Waals surface area contributed by atoms with E-state index in [2.05, 4.69) is 21.2 Å². The Balaban J connectivity index is 0.00000180. The molecule has 3 N–H and O–H groups in total. The van der Waals surface area contributed by atoms with Crippen LogP contribution >= 0.6 is 28.3 Å². The Hall–Kier alpha value is -0.580. The van der Waals surface area contributed by atoms with Gasteiger partial charge in [-0.1, -0.05) is 22.4 Å². The number of hydrogen-bond acceptors (Lipinski definition) is 2. The van der Waals surface area contributed by atoms with Gasteiger partial charge < -0.3 is 11.1 Å². The first-order valence-electron chi connectivity index (χ1n) is 6.39. The maximum absolute atomic E-state index is 12.2. The van der Waals surface area contributed by atoms with E-state index in [4.69, 9.17) is 5.73 Å². The molecule has 0 heterocycles. The predicted octanol–water partition coefficient (Wildman–Crippen LogP) is 3.64. The van der Waals surface area contributed by atoms with Crippen LogP contribution < -0.4 is 11.1 Å². The lowest BCUT2D eigenvalue weighted by atomic mass is 9.85. The molecule has 1 saturated carbocycles. The highest BCUT2D eigenvalue weighted by Crippen LogP contribution is 2.26. The molecule has 0 radical (unpaired) electrons. The van der Waals surface area contributed by atoms with Crippen molar-refractivity contribution in [1.82, 2.24) is 0 Å². The number of anilines is 1. The monoisotopic (exact) mass is 346 g/mol. The van der Waals surface area contributed by atoms with Gasteiger partial charge in [0.15, 0.2) is 0 Å². The van der Waals surface area contributed by atoms with Crippen molar-refractivity contribution in [2.24, 2.45) is 11.7 Å². The largest absolute Gasteiger partial charge is 0.328 e. The number of hydrogen-bond donors (Lipinski definition) is 2. The third-order valence-corrected chi connectivity index (χ3v) is 4.03. The molecule has 1 aromatic rings. The van der Waals surface area contributed by atoms with E-state index in [0.717, 1.165) is 41.4 Å². The van der Waals surface area contributed by atoms with E-state index in [1.807, 2.05) is 25.1 Å². The second-order valence-electron chi connectivity index (χ2n) is 5.07. The normalized spacial score (nSPS) is 22.5. The van der Waals surface area contributed by atoms with Crippen LogP contribution in [-0.2, 0) is 4.79 Å². The lowest BCUT2D eigenvalue weighted by molar-refractivity contribution is -0.120. The molecule has 0 bridgehead atoms. The molecule has 2 atom stereocenters. The summed E-state index contributed by atoms with van der Waals surface area (Å²) in [6.45, 7) is 1.99. The fourth-order valence-electron chi connectivity index (χ4n) is 2.47. The number of carbonyl (C=O) groups is 1. The molecule has 1 aliphatic carbocycles. The molecule has 1 fully saturated rings. The Morgan fingerprint density at radius 1 is 1.42 bits per heavy atom. The molecule has 2 rings (SSSR count). The van der Waals surface area contributed by atoms with Crippen LogP contribution in [0.5, 0.6) is 0 Å². The minimum Gasteiger partial charge on any atom is -0.328 e. The first kappa shape index (κ1) is 16.5. The number of benzene rings is 1. The molecule has 2 unspecified atom stereocenters. The fourth-order valence-corrected chi connectivity index (χ4v) is 2.94. The highest BCUT2D eigenvalue weighted by atomic mass is 79.9. The summed E-state index contributed by atoms with van der Waals surface area (Å²) in [5.74, 6) is 0.173. The number of halogens is 2. The first-order valence-corrected chi connectivity index (χ1v) is 7.18. The highest BCUT2D eigenvalue weighted by Gasteiger charge is 2.25. The van der Waals surface area contributed by atoms with Gasteiger partial charge in [-0.3, -0.25) is 4.79 Å². The van der Waals surface area contributed by atoms with Gasteiger partial charge in [0.1, 0.15) is 0 Å². The van der Waals surface area contributed by atoms with E-state index >= 15 is 0 Å². The minimum absolute atomic E-state index is 0. The zero-order chi connectivity index (χ0) is 13.1. The number of carbonyl (C=O) groups excluding carboxylic acids is 1. The summed E-state index contributed by atoms with van der Waals surface area (Å²) in [5.41, 5.74) is 7.88. The smallest absolute Gasteiger partial charge is 0.227 e. The second kappa shape index (κ2) is 7.27. The van der Waals surface area contributed by atoms with Crippen molar-refractivity contribution in [3.05, 3.63) is 28.2 Å². The molecule has 0 aliphatic heterocycles. The second-order valence-corrected chi connectivity index (χ2v) is 5.99. The predicted molar refractivity (Wildman–Crippen MR) is 84.7 cm³/mol. The van der Waals surface area contributed by atoms with Gasteiger partial charge >= 0.3 is 0 Å². The van der Waals surface area contributed by atoms with Crippen LogP contribution in [-0.4, -0.2) is 11.9 Å². The third kappa shape index (κ3) is 4.48. The number of nitrogens with two attached hydrogens (primary N) is 1. The molecule has 3 nitrogen and oxygen atoms in total. The fraction of sp³-hybridized carbons (Fsp3) is 0.500. The van der Waals surface area contributed by atoms with Gasteiger partial charge in [0, 0.05) is 22.1 Å². The summed E-state index contributed by atoms with van der Waals surface area (Å²) in [7, 11) is 0. The van der Waals surface area contributed by atoms with Crippen molar-refractivity contribution in [2.45, 2.75) is 38.6 Å². The van der Waals surface area contributed by atoms with Gasteiger partial charge in [-0.25, -0.2) is 0 Å². The van der Waals surface area contributed by atoms with Gasteiger partial charge in [-0.15, -0.1) is 12.4 Å².